The minimum atomic E-state index is -0.848. The zero-order chi connectivity index (χ0) is 24.5. The molecule has 0 spiro atoms. The van der Waals surface area contributed by atoms with E-state index in [0.717, 1.165) is 5.56 Å². The third kappa shape index (κ3) is 6.13. The Morgan fingerprint density at radius 3 is 2.18 bits per heavy atom. The van der Waals surface area contributed by atoms with Crippen LogP contribution in [-0.4, -0.2) is 37.5 Å². The van der Waals surface area contributed by atoms with Crippen molar-refractivity contribution < 1.29 is 23.5 Å². The number of halogens is 1. The van der Waals surface area contributed by atoms with Crippen molar-refractivity contribution >= 4 is 11.8 Å². The molecule has 0 aliphatic heterocycles. The number of ether oxygens (including phenoxy) is 2. The van der Waals surface area contributed by atoms with Crippen molar-refractivity contribution in [2.75, 3.05) is 20.8 Å². The van der Waals surface area contributed by atoms with Crippen LogP contribution in [0.3, 0.4) is 0 Å². The van der Waals surface area contributed by atoms with Crippen LogP contribution >= 0.6 is 0 Å². The fraction of sp³-hybridized carbons (Fsp3) is 0.259. The van der Waals surface area contributed by atoms with Crippen LogP contribution in [0.2, 0.25) is 0 Å². The van der Waals surface area contributed by atoms with E-state index in [2.05, 4.69) is 5.32 Å². The predicted molar refractivity (Wildman–Crippen MR) is 128 cm³/mol. The SMILES string of the molecule is CCNC(=O)[C@@H](c1ccccc1)N(Cc1ccc(F)cc1)C(=O)Cc1ccc(OC)c(OC)c1. The quantitative estimate of drug-likeness (QED) is 0.486. The van der Waals surface area contributed by atoms with Gasteiger partial charge in [-0.2, -0.15) is 0 Å². The molecule has 0 saturated heterocycles. The zero-order valence-electron chi connectivity index (χ0n) is 19.6. The van der Waals surface area contributed by atoms with Crippen molar-refractivity contribution in [2.45, 2.75) is 25.9 Å². The molecular weight excluding hydrogens is 435 g/mol. The average Bonchev–Trinajstić information content (AvgIpc) is 2.85. The highest BCUT2D eigenvalue weighted by Crippen LogP contribution is 2.29. The molecule has 0 fully saturated rings. The fourth-order valence-electron chi connectivity index (χ4n) is 3.76. The van der Waals surface area contributed by atoms with Gasteiger partial charge in [-0.1, -0.05) is 48.5 Å². The lowest BCUT2D eigenvalue weighted by atomic mass is 10.0. The van der Waals surface area contributed by atoms with Crippen molar-refractivity contribution in [1.82, 2.24) is 10.2 Å². The van der Waals surface area contributed by atoms with Gasteiger partial charge in [-0.3, -0.25) is 9.59 Å². The third-order valence-electron chi connectivity index (χ3n) is 5.42. The molecule has 1 atom stereocenters. The number of hydrogen-bond donors (Lipinski definition) is 1. The number of methoxy groups -OCH3 is 2. The second-order valence-corrected chi connectivity index (χ2v) is 7.72. The highest BCUT2D eigenvalue weighted by Gasteiger charge is 2.31. The summed E-state index contributed by atoms with van der Waals surface area (Å²) in [5.74, 6) is 0.177. The van der Waals surface area contributed by atoms with E-state index in [9.17, 15) is 14.0 Å². The summed E-state index contributed by atoms with van der Waals surface area (Å²) in [5, 5.41) is 2.84. The molecule has 0 heterocycles. The molecule has 178 valence electrons. The Morgan fingerprint density at radius 1 is 0.912 bits per heavy atom. The Hall–Kier alpha value is -3.87. The number of amides is 2. The first-order valence-electron chi connectivity index (χ1n) is 11.0. The fourth-order valence-corrected chi connectivity index (χ4v) is 3.76. The van der Waals surface area contributed by atoms with E-state index in [0.29, 0.717) is 29.2 Å². The second kappa shape index (κ2) is 11.8. The van der Waals surface area contributed by atoms with Crippen molar-refractivity contribution in [3.8, 4) is 11.5 Å². The lowest BCUT2D eigenvalue weighted by molar-refractivity contribution is -0.141. The van der Waals surface area contributed by atoms with Gasteiger partial charge in [-0.15, -0.1) is 0 Å². The van der Waals surface area contributed by atoms with E-state index in [1.165, 1.54) is 24.1 Å². The number of hydrogen-bond acceptors (Lipinski definition) is 4. The summed E-state index contributed by atoms with van der Waals surface area (Å²) in [4.78, 5) is 28.4. The lowest BCUT2D eigenvalue weighted by Gasteiger charge is -2.31. The van der Waals surface area contributed by atoms with E-state index in [1.807, 2.05) is 37.3 Å². The van der Waals surface area contributed by atoms with Gasteiger partial charge in [0.15, 0.2) is 11.5 Å². The molecule has 0 saturated carbocycles. The molecule has 0 unspecified atom stereocenters. The summed E-state index contributed by atoms with van der Waals surface area (Å²) in [7, 11) is 3.08. The van der Waals surface area contributed by atoms with Gasteiger partial charge < -0.3 is 19.7 Å². The van der Waals surface area contributed by atoms with E-state index in [1.54, 1.807) is 37.4 Å². The van der Waals surface area contributed by atoms with Crippen LogP contribution in [0, 0.1) is 5.82 Å². The summed E-state index contributed by atoms with van der Waals surface area (Å²) >= 11 is 0. The number of rotatable bonds is 10. The molecule has 0 aliphatic carbocycles. The molecular formula is C27H29FN2O4. The Kier molecular flexibility index (Phi) is 8.62. The molecule has 1 N–H and O–H groups in total. The van der Waals surface area contributed by atoms with Crippen LogP contribution in [-0.2, 0) is 22.6 Å². The van der Waals surface area contributed by atoms with Gasteiger partial charge in [0.25, 0.3) is 0 Å². The van der Waals surface area contributed by atoms with Crippen LogP contribution < -0.4 is 14.8 Å². The maximum atomic E-state index is 13.7. The lowest BCUT2D eigenvalue weighted by Crippen LogP contribution is -2.44. The third-order valence-corrected chi connectivity index (χ3v) is 5.42. The van der Waals surface area contributed by atoms with Gasteiger partial charge >= 0.3 is 0 Å². The number of carbonyl (C=O) groups is 2. The first-order chi connectivity index (χ1) is 16.5. The summed E-state index contributed by atoms with van der Waals surface area (Å²) < 4.78 is 24.1. The van der Waals surface area contributed by atoms with Crippen molar-refractivity contribution in [2.24, 2.45) is 0 Å². The second-order valence-electron chi connectivity index (χ2n) is 7.72. The average molecular weight is 465 g/mol. The Morgan fingerprint density at radius 2 is 1.56 bits per heavy atom. The molecule has 0 aromatic heterocycles. The Balaban J connectivity index is 2.00. The van der Waals surface area contributed by atoms with Gasteiger partial charge in [0.05, 0.1) is 20.6 Å². The van der Waals surface area contributed by atoms with Crippen LogP contribution in [0.15, 0.2) is 72.8 Å². The topological polar surface area (TPSA) is 67.9 Å². The predicted octanol–water partition coefficient (Wildman–Crippen LogP) is 4.29. The van der Waals surface area contributed by atoms with E-state index in [-0.39, 0.29) is 30.6 Å². The van der Waals surface area contributed by atoms with Crippen LogP contribution in [0.1, 0.15) is 29.7 Å². The standard InChI is InChI=1S/C27H29FN2O4/c1-4-29-27(32)26(21-8-6-5-7-9-21)30(18-19-10-13-22(28)14-11-19)25(31)17-20-12-15-23(33-2)24(16-20)34-3/h5-16,26H,4,17-18H2,1-3H3,(H,29,32)/t26-/m1/s1. The number of likely N-dealkylation sites (N-methyl/N-ethyl adjacent to an activating group) is 1. The molecule has 34 heavy (non-hydrogen) atoms. The smallest absolute Gasteiger partial charge is 0.247 e. The summed E-state index contributed by atoms with van der Waals surface area (Å²) in [6.45, 7) is 2.40. The summed E-state index contributed by atoms with van der Waals surface area (Å²) in [6, 6.07) is 19.5. The maximum Gasteiger partial charge on any atom is 0.247 e. The molecule has 3 aromatic carbocycles. The monoisotopic (exact) mass is 464 g/mol. The Bertz CT molecular complexity index is 1100. The molecule has 0 radical (unpaired) electrons. The van der Waals surface area contributed by atoms with Gasteiger partial charge in [-0.05, 0) is 47.9 Å². The number of benzene rings is 3. The van der Waals surface area contributed by atoms with E-state index >= 15 is 0 Å². The van der Waals surface area contributed by atoms with Crippen LogP contribution in [0.5, 0.6) is 11.5 Å². The minimum Gasteiger partial charge on any atom is -0.493 e. The zero-order valence-corrected chi connectivity index (χ0v) is 19.6. The summed E-state index contributed by atoms with van der Waals surface area (Å²) in [6.07, 6.45) is 0.0459. The van der Waals surface area contributed by atoms with Crippen molar-refractivity contribution in [1.29, 1.82) is 0 Å². The normalized spacial score (nSPS) is 11.4. The molecule has 7 heteroatoms. The largest absolute Gasteiger partial charge is 0.493 e. The van der Waals surface area contributed by atoms with Crippen molar-refractivity contribution in [3.63, 3.8) is 0 Å². The van der Waals surface area contributed by atoms with Crippen molar-refractivity contribution in [3.05, 3.63) is 95.3 Å². The number of nitrogens with zero attached hydrogens (tertiary/aromatic N) is 1. The highest BCUT2D eigenvalue weighted by molar-refractivity contribution is 5.89. The maximum absolute atomic E-state index is 13.7. The van der Waals surface area contributed by atoms with Gasteiger partial charge in [0, 0.05) is 13.1 Å². The molecule has 3 aromatic rings. The first kappa shape index (κ1) is 24.8. The van der Waals surface area contributed by atoms with Crippen LogP contribution in [0.4, 0.5) is 4.39 Å². The van der Waals surface area contributed by atoms with Crippen LogP contribution in [0.25, 0.3) is 0 Å². The number of carbonyl (C=O) groups excluding carboxylic acids is 2. The Labute approximate surface area is 199 Å². The first-order valence-corrected chi connectivity index (χ1v) is 11.0. The molecule has 2 amide bonds. The molecule has 0 aliphatic rings. The molecule has 6 nitrogen and oxygen atoms in total. The summed E-state index contributed by atoms with van der Waals surface area (Å²) in [5.41, 5.74) is 2.12. The van der Waals surface area contributed by atoms with Gasteiger partial charge in [0.2, 0.25) is 11.8 Å². The molecule has 0 bridgehead atoms. The van der Waals surface area contributed by atoms with Gasteiger partial charge in [-0.25, -0.2) is 4.39 Å². The molecule has 3 rings (SSSR count). The van der Waals surface area contributed by atoms with Gasteiger partial charge in [0.1, 0.15) is 11.9 Å². The number of nitrogens with one attached hydrogen (secondary N) is 1. The minimum absolute atomic E-state index is 0.0459. The van der Waals surface area contributed by atoms with E-state index < -0.39 is 6.04 Å². The highest BCUT2D eigenvalue weighted by atomic mass is 19.1. The van der Waals surface area contributed by atoms with E-state index in [4.69, 9.17) is 9.47 Å².